The minimum absolute atomic E-state index is 0.365. The summed E-state index contributed by atoms with van der Waals surface area (Å²) in [5.41, 5.74) is 7.21. The largest absolute Gasteiger partial charge is 0.368 e. The first-order valence-corrected chi connectivity index (χ1v) is 5.83. The summed E-state index contributed by atoms with van der Waals surface area (Å²) in [5, 5.41) is 0. The van der Waals surface area contributed by atoms with Gasteiger partial charge in [-0.3, -0.25) is 0 Å². The smallest absolute Gasteiger partial charge is 0.221 e. The van der Waals surface area contributed by atoms with Gasteiger partial charge in [0.25, 0.3) is 0 Å². The average Bonchev–Trinajstić information content (AvgIpc) is 2.25. The summed E-state index contributed by atoms with van der Waals surface area (Å²) in [6.45, 7) is 9.96. The maximum atomic E-state index is 5.66. The molecule has 2 heterocycles. The van der Waals surface area contributed by atoms with Crippen molar-refractivity contribution in [2.75, 3.05) is 17.2 Å². The fraction of sp³-hybridized carbons (Fsp3) is 0.667. The number of aromatic nitrogens is 2. The molecular weight excluding hydrogens is 200 g/mol. The van der Waals surface area contributed by atoms with Crippen molar-refractivity contribution in [3.05, 3.63) is 11.8 Å². The zero-order valence-electron chi connectivity index (χ0n) is 10.5. The van der Waals surface area contributed by atoms with Crippen LogP contribution in [0.15, 0.2) is 6.20 Å². The first-order chi connectivity index (χ1) is 7.45. The molecular formula is C12H20N4. The van der Waals surface area contributed by atoms with Crippen molar-refractivity contribution in [2.45, 2.75) is 40.2 Å². The highest BCUT2D eigenvalue weighted by Crippen LogP contribution is 2.40. The van der Waals surface area contributed by atoms with Crippen LogP contribution >= 0.6 is 0 Å². The lowest BCUT2D eigenvalue weighted by Gasteiger charge is -2.54. The quantitative estimate of drug-likeness (QED) is 0.826. The van der Waals surface area contributed by atoms with Crippen LogP contribution in [-0.2, 0) is 6.42 Å². The van der Waals surface area contributed by atoms with E-state index in [1.165, 1.54) is 5.56 Å². The number of aryl methyl sites for hydroxylation is 1. The second-order valence-electron chi connectivity index (χ2n) is 5.22. The molecule has 1 unspecified atom stereocenters. The molecule has 16 heavy (non-hydrogen) atoms. The number of hydrogen-bond donors (Lipinski definition) is 1. The second kappa shape index (κ2) is 3.61. The SMILES string of the molecule is CCc1cnc(N)nc1N1CC(C)(C)C1C. The standard InChI is InChI=1S/C12H20N4/c1-5-9-6-14-11(13)15-10(9)16-7-12(3,4)8(16)2/h6,8H,5,7H2,1-4H3,(H2,13,14,15). The van der Waals surface area contributed by atoms with Crippen molar-refractivity contribution in [1.82, 2.24) is 9.97 Å². The Labute approximate surface area is 96.9 Å². The predicted molar refractivity (Wildman–Crippen MR) is 66.4 cm³/mol. The molecule has 1 fully saturated rings. The van der Waals surface area contributed by atoms with Gasteiger partial charge in [0.1, 0.15) is 5.82 Å². The molecule has 4 heteroatoms. The first-order valence-electron chi connectivity index (χ1n) is 5.83. The normalized spacial score (nSPS) is 23.0. The molecule has 1 aromatic rings. The van der Waals surface area contributed by atoms with Crippen molar-refractivity contribution in [2.24, 2.45) is 5.41 Å². The predicted octanol–water partition coefficient (Wildman–Crippen LogP) is 1.86. The lowest BCUT2D eigenvalue weighted by atomic mass is 9.76. The summed E-state index contributed by atoms with van der Waals surface area (Å²) in [6, 6.07) is 0.507. The molecule has 1 aliphatic rings. The monoisotopic (exact) mass is 220 g/mol. The van der Waals surface area contributed by atoms with Gasteiger partial charge in [0.05, 0.1) is 0 Å². The number of nitrogens with two attached hydrogens (primary N) is 1. The third kappa shape index (κ3) is 1.62. The zero-order chi connectivity index (χ0) is 11.9. The molecule has 0 amide bonds. The van der Waals surface area contributed by atoms with E-state index in [1.54, 1.807) is 0 Å². The van der Waals surface area contributed by atoms with Crippen LogP contribution in [0.3, 0.4) is 0 Å². The molecule has 2 N–H and O–H groups in total. The molecule has 88 valence electrons. The summed E-state index contributed by atoms with van der Waals surface area (Å²) in [4.78, 5) is 10.7. The van der Waals surface area contributed by atoms with Gasteiger partial charge in [-0.05, 0) is 13.3 Å². The Bertz CT molecular complexity index is 400. The van der Waals surface area contributed by atoms with Crippen molar-refractivity contribution >= 4 is 11.8 Å². The zero-order valence-corrected chi connectivity index (χ0v) is 10.5. The maximum Gasteiger partial charge on any atom is 0.221 e. The minimum Gasteiger partial charge on any atom is -0.368 e. The van der Waals surface area contributed by atoms with Crippen molar-refractivity contribution in [3.63, 3.8) is 0 Å². The molecule has 0 saturated carbocycles. The Hall–Kier alpha value is -1.32. The molecule has 0 radical (unpaired) electrons. The van der Waals surface area contributed by atoms with E-state index < -0.39 is 0 Å². The van der Waals surface area contributed by atoms with E-state index in [2.05, 4.69) is 42.6 Å². The highest BCUT2D eigenvalue weighted by atomic mass is 15.3. The van der Waals surface area contributed by atoms with E-state index in [1.807, 2.05) is 6.20 Å². The molecule has 0 aromatic carbocycles. The molecule has 1 saturated heterocycles. The van der Waals surface area contributed by atoms with Gasteiger partial charge in [-0.1, -0.05) is 20.8 Å². The van der Waals surface area contributed by atoms with Crippen LogP contribution in [0.5, 0.6) is 0 Å². The third-order valence-electron chi connectivity index (χ3n) is 3.69. The van der Waals surface area contributed by atoms with Gasteiger partial charge >= 0.3 is 0 Å². The van der Waals surface area contributed by atoms with E-state index in [0.29, 0.717) is 17.4 Å². The summed E-state index contributed by atoms with van der Waals surface area (Å²) in [6.07, 6.45) is 2.79. The van der Waals surface area contributed by atoms with Gasteiger partial charge < -0.3 is 10.6 Å². The summed E-state index contributed by atoms with van der Waals surface area (Å²) in [5.74, 6) is 1.38. The topological polar surface area (TPSA) is 55.0 Å². The van der Waals surface area contributed by atoms with Crippen LogP contribution < -0.4 is 10.6 Å². The van der Waals surface area contributed by atoms with Crippen molar-refractivity contribution < 1.29 is 0 Å². The van der Waals surface area contributed by atoms with E-state index in [0.717, 1.165) is 18.8 Å². The molecule has 1 atom stereocenters. The van der Waals surface area contributed by atoms with Crippen LogP contribution in [0.1, 0.15) is 33.3 Å². The summed E-state index contributed by atoms with van der Waals surface area (Å²) < 4.78 is 0. The van der Waals surface area contributed by atoms with Gasteiger partial charge in [-0.15, -0.1) is 0 Å². The molecule has 0 spiro atoms. The molecule has 1 aliphatic heterocycles. The lowest BCUT2D eigenvalue weighted by Crippen LogP contribution is -2.61. The highest BCUT2D eigenvalue weighted by molar-refractivity contribution is 5.52. The minimum atomic E-state index is 0.365. The number of rotatable bonds is 2. The Morgan fingerprint density at radius 1 is 1.56 bits per heavy atom. The van der Waals surface area contributed by atoms with Gasteiger partial charge in [0.2, 0.25) is 5.95 Å². The number of hydrogen-bond acceptors (Lipinski definition) is 4. The molecule has 4 nitrogen and oxygen atoms in total. The van der Waals surface area contributed by atoms with Gasteiger partial charge in [-0.25, -0.2) is 4.98 Å². The fourth-order valence-electron chi connectivity index (χ4n) is 2.18. The van der Waals surface area contributed by atoms with Crippen LogP contribution in [0, 0.1) is 5.41 Å². The number of anilines is 2. The average molecular weight is 220 g/mol. The molecule has 0 bridgehead atoms. The highest BCUT2D eigenvalue weighted by Gasteiger charge is 2.43. The Morgan fingerprint density at radius 3 is 2.75 bits per heavy atom. The fourth-order valence-corrected chi connectivity index (χ4v) is 2.18. The molecule has 0 aliphatic carbocycles. The number of nitrogen functional groups attached to an aromatic ring is 1. The van der Waals surface area contributed by atoms with Gasteiger partial charge in [0.15, 0.2) is 0 Å². The van der Waals surface area contributed by atoms with E-state index in [9.17, 15) is 0 Å². The van der Waals surface area contributed by atoms with Crippen LogP contribution in [0.4, 0.5) is 11.8 Å². The summed E-state index contributed by atoms with van der Waals surface area (Å²) in [7, 11) is 0. The van der Waals surface area contributed by atoms with Gasteiger partial charge in [0, 0.05) is 29.8 Å². The first kappa shape index (κ1) is 11.2. The Kier molecular flexibility index (Phi) is 2.52. The van der Waals surface area contributed by atoms with Gasteiger partial charge in [-0.2, -0.15) is 4.98 Å². The third-order valence-corrected chi connectivity index (χ3v) is 3.69. The molecule has 2 rings (SSSR count). The van der Waals surface area contributed by atoms with Crippen LogP contribution in [0.2, 0.25) is 0 Å². The number of nitrogens with zero attached hydrogens (tertiary/aromatic N) is 3. The van der Waals surface area contributed by atoms with Crippen LogP contribution in [-0.4, -0.2) is 22.6 Å². The Morgan fingerprint density at radius 2 is 2.25 bits per heavy atom. The van der Waals surface area contributed by atoms with E-state index in [-0.39, 0.29) is 0 Å². The van der Waals surface area contributed by atoms with E-state index in [4.69, 9.17) is 5.73 Å². The van der Waals surface area contributed by atoms with Crippen molar-refractivity contribution in [3.8, 4) is 0 Å². The van der Waals surface area contributed by atoms with Crippen LogP contribution in [0.25, 0.3) is 0 Å². The maximum absolute atomic E-state index is 5.66. The van der Waals surface area contributed by atoms with E-state index >= 15 is 0 Å². The molecule has 1 aromatic heterocycles. The lowest BCUT2D eigenvalue weighted by molar-refractivity contribution is 0.192. The Balaban J connectivity index is 2.31. The summed E-state index contributed by atoms with van der Waals surface area (Å²) >= 11 is 0. The second-order valence-corrected chi connectivity index (χ2v) is 5.22. The van der Waals surface area contributed by atoms with Crippen molar-refractivity contribution in [1.29, 1.82) is 0 Å².